The fourth-order valence-corrected chi connectivity index (χ4v) is 1.95. The molecule has 6 N–H and O–H groups in total. The second-order valence-electron chi connectivity index (χ2n) is 5.15. The van der Waals surface area contributed by atoms with Gasteiger partial charge in [-0.15, -0.1) is 0 Å². The Hall–Kier alpha value is -1.10. The van der Waals surface area contributed by atoms with E-state index in [-0.39, 0.29) is 11.9 Å². The van der Waals surface area contributed by atoms with Gasteiger partial charge >= 0.3 is 0 Å². The summed E-state index contributed by atoms with van der Waals surface area (Å²) in [5, 5.41) is 2.73. The van der Waals surface area contributed by atoms with E-state index in [9.17, 15) is 9.59 Å². The van der Waals surface area contributed by atoms with Crippen LogP contribution in [0.15, 0.2) is 0 Å². The van der Waals surface area contributed by atoms with Crippen molar-refractivity contribution in [3.05, 3.63) is 0 Å². The average Bonchev–Trinajstić information content (AvgIpc) is 2.37. The lowest BCUT2D eigenvalue weighted by Crippen LogP contribution is -2.68. The van der Waals surface area contributed by atoms with Crippen LogP contribution in [0.3, 0.4) is 0 Å². The molecule has 2 amide bonds. The molecule has 0 heterocycles. The monoisotopic (exact) mass is 272 g/mol. The lowest BCUT2D eigenvalue weighted by Gasteiger charge is -2.17. The third-order valence-corrected chi connectivity index (χ3v) is 3.28. The van der Waals surface area contributed by atoms with Gasteiger partial charge in [-0.2, -0.15) is 0 Å². The summed E-state index contributed by atoms with van der Waals surface area (Å²) in [4.78, 5) is 23.2. The molecule has 0 rings (SSSR count). The van der Waals surface area contributed by atoms with Gasteiger partial charge in [-0.1, -0.05) is 46.0 Å². The quantitative estimate of drug-likeness (QED) is 0.483. The van der Waals surface area contributed by atoms with E-state index in [4.69, 9.17) is 5.73 Å². The van der Waals surface area contributed by atoms with Crippen LogP contribution >= 0.6 is 0 Å². The number of hydrogen-bond acceptors (Lipinski definition) is 2. The van der Waals surface area contributed by atoms with Gasteiger partial charge < -0.3 is 16.8 Å². The van der Waals surface area contributed by atoms with Crippen molar-refractivity contribution in [2.45, 2.75) is 77.3 Å². The molecule has 0 aliphatic heterocycles. The summed E-state index contributed by atoms with van der Waals surface area (Å²) in [6.07, 6.45) is 7.64. The number of nitrogens with one attached hydrogen (secondary N) is 1. The van der Waals surface area contributed by atoms with Crippen LogP contribution in [0.1, 0.15) is 65.2 Å². The highest BCUT2D eigenvalue weighted by Gasteiger charge is 2.23. The Kier molecular flexibility index (Phi) is 10.2. The predicted octanol–water partition coefficient (Wildman–Crippen LogP) is 0.728. The van der Waals surface area contributed by atoms with Crippen molar-refractivity contribution >= 4 is 11.8 Å². The maximum Gasteiger partial charge on any atom is 0.278 e. The number of amides is 2. The summed E-state index contributed by atoms with van der Waals surface area (Å²) in [6.45, 7) is 4.21. The first-order valence-electron chi connectivity index (χ1n) is 7.45. The number of carbonyl (C=O) groups is 2. The number of rotatable bonds is 11. The van der Waals surface area contributed by atoms with Gasteiger partial charge in [-0.25, -0.2) is 0 Å². The maximum absolute atomic E-state index is 11.9. The maximum atomic E-state index is 11.9. The molecule has 0 unspecified atom stereocenters. The minimum Gasteiger partial charge on any atom is -0.368 e. The highest BCUT2D eigenvalue weighted by molar-refractivity contribution is 5.88. The standard InChI is InChI=1S/C14H29N3O2/c1-3-5-7-9-11(15)14(19)17-12(13(16)18)10-8-6-4-2/h11-12H,3-10,15H2,1-2H3,(H2,16,18)(H,17,19)/p+1/t11-,12-/m0/s1. The van der Waals surface area contributed by atoms with E-state index in [0.29, 0.717) is 6.42 Å². The van der Waals surface area contributed by atoms with Gasteiger partial charge in [0.05, 0.1) is 0 Å². The van der Waals surface area contributed by atoms with Gasteiger partial charge in [0, 0.05) is 6.42 Å². The van der Waals surface area contributed by atoms with E-state index in [0.717, 1.165) is 44.9 Å². The Labute approximate surface area is 116 Å². The molecule has 0 aliphatic carbocycles. The fourth-order valence-electron chi connectivity index (χ4n) is 1.95. The molecular formula is C14H30N3O2+. The Morgan fingerprint density at radius 1 is 1.05 bits per heavy atom. The van der Waals surface area contributed by atoms with Crippen LogP contribution in [0, 0.1) is 0 Å². The zero-order valence-electron chi connectivity index (χ0n) is 12.4. The second kappa shape index (κ2) is 10.8. The van der Waals surface area contributed by atoms with E-state index < -0.39 is 11.9 Å². The van der Waals surface area contributed by atoms with Crippen LogP contribution in [0.5, 0.6) is 0 Å². The molecular weight excluding hydrogens is 242 g/mol. The van der Waals surface area contributed by atoms with Crippen molar-refractivity contribution in [3.63, 3.8) is 0 Å². The lowest BCUT2D eigenvalue weighted by atomic mass is 10.1. The van der Waals surface area contributed by atoms with E-state index in [1.807, 2.05) is 0 Å². The van der Waals surface area contributed by atoms with Gasteiger partial charge in [-0.05, 0) is 12.8 Å². The molecule has 0 aromatic rings. The molecule has 0 bridgehead atoms. The summed E-state index contributed by atoms with van der Waals surface area (Å²) in [5.41, 5.74) is 9.17. The number of primary amides is 1. The Balaban J connectivity index is 4.11. The van der Waals surface area contributed by atoms with Crippen LogP contribution in [-0.2, 0) is 9.59 Å². The van der Waals surface area contributed by atoms with Crippen LogP contribution in [-0.4, -0.2) is 23.9 Å². The first kappa shape index (κ1) is 17.9. The van der Waals surface area contributed by atoms with Crippen LogP contribution < -0.4 is 16.8 Å². The second-order valence-corrected chi connectivity index (χ2v) is 5.15. The first-order valence-corrected chi connectivity index (χ1v) is 7.45. The van der Waals surface area contributed by atoms with Gasteiger partial charge in [-0.3, -0.25) is 9.59 Å². The minimum atomic E-state index is -0.547. The summed E-state index contributed by atoms with van der Waals surface area (Å²) in [5.74, 6) is -0.610. The molecule has 0 radical (unpaired) electrons. The molecule has 0 aliphatic rings. The van der Waals surface area contributed by atoms with Crippen molar-refractivity contribution in [3.8, 4) is 0 Å². The minimum absolute atomic E-state index is 0.156. The molecule has 112 valence electrons. The van der Waals surface area contributed by atoms with Gasteiger partial charge in [0.1, 0.15) is 6.04 Å². The molecule has 0 fully saturated rings. The number of quaternary nitrogens is 1. The zero-order chi connectivity index (χ0) is 14.7. The van der Waals surface area contributed by atoms with E-state index in [2.05, 4.69) is 24.9 Å². The molecule has 5 heteroatoms. The largest absolute Gasteiger partial charge is 0.368 e. The third kappa shape index (κ3) is 8.59. The summed E-state index contributed by atoms with van der Waals surface area (Å²) >= 11 is 0. The molecule has 0 spiro atoms. The summed E-state index contributed by atoms with van der Waals surface area (Å²) in [7, 11) is 0. The molecule has 0 aromatic heterocycles. The van der Waals surface area contributed by atoms with Crippen molar-refractivity contribution in [1.82, 2.24) is 5.32 Å². The molecule has 19 heavy (non-hydrogen) atoms. The number of nitrogens with two attached hydrogens (primary N) is 1. The average molecular weight is 272 g/mol. The molecule has 0 saturated carbocycles. The summed E-state index contributed by atoms with van der Waals surface area (Å²) < 4.78 is 0. The Bertz CT molecular complexity index is 269. The Morgan fingerprint density at radius 3 is 2.05 bits per heavy atom. The normalized spacial score (nSPS) is 13.8. The zero-order valence-corrected chi connectivity index (χ0v) is 12.4. The van der Waals surface area contributed by atoms with E-state index in [1.54, 1.807) is 0 Å². The van der Waals surface area contributed by atoms with Gasteiger partial charge in [0.25, 0.3) is 5.91 Å². The number of hydrogen-bond donors (Lipinski definition) is 3. The SMILES string of the molecule is CCCCC[C@H](NC(=O)[C@@H]([NH3+])CCCCC)C(N)=O. The Morgan fingerprint density at radius 2 is 1.58 bits per heavy atom. The first-order chi connectivity index (χ1) is 9.02. The van der Waals surface area contributed by atoms with E-state index >= 15 is 0 Å². The smallest absolute Gasteiger partial charge is 0.278 e. The third-order valence-electron chi connectivity index (χ3n) is 3.28. The van der Waals surface area contributed by atoms with Crippen LogP contribution in [0.2, 0.25) is 0 Å². The fraction of sp³-hybridized carbons (Fsp3) is 0.857. The molecule has 5 nitrogen and oxygen atoms in total. The van der Waals surface area contributed by atoms with Crippen molar-refractivity contribution in [2.75, 3.05) is 0 Å². The topological polar surface area (TPSA) is 99.8 Å². The van der Waals surface area contributed by atoms with E-state index in [1.165, 1.54) is 0 Å². The number of carbonyl (C=O) groups excluding carboxylic acids is 2. The van der Waals surface area contributed by atoms with Gasteiger partial charge in [0.15, 0.2) is 6.04 Å². The van der Waals surface area contributed by atoms with Crippen molar-refractivity contribution in [1.29, 1.82) is 0 Å². The number of unbranched alkanes of at least 4 members (excludes halogenated alkanes) is 4. The van der Waals surface area contributed by atoms with Crippen molar-refractivity contribution < 1.29 is 15.3 Å². The molecule has 0 aromatic carbocycles. The predicted molar refractivity (Wildman–Crippen MR) is 76.1 cm³/mol. The highest BCUT2D eigenvalue weighted by Crippen LogP contribution is 2.05. The van der Waals surface area contributed by atoms with Crippen LogP contribution in [0.4, 0.5) is 0 Å². The molecule has 0 saturated heterocycles. The van der Waals surface area contributed by atoms with Crippen molar-refractivity contribution in [2.24, 2.45) is 5.73 Å². The van der Waals surface area contributed by atoms with Crippen LogP contribution in [0.25, 0.3) is 0 Å². The molecule has 2 atom stereocenters. The van der Waals surface area contributed by atoms with Gasteiger partial charge in [0.2, 0.25) is 5.91 Å². The lowest BCUT2D eigenvalue weighted by molar-refractivity contribution is -0.405. The summed E-state index contributed by atoms with van der Waals surface area (Å²) in [6, 6.07) is -0.839. The highest BCUT2D eigenvalue weighted by atomic mass is 16.2.